The van der Waals surface area contributed by atoms with Crippen molar-refractivity contribution in [2.24, 2.45) is 0 Å². The lowest BCUT2D eigenvalue weighted by molar-refractivity contribution is -0.139. The molecule has 0 radical (unpaired) electrons. The Morgan fingerprint density at radius 1 is 1.40 bits per heavy atom. The second kappa shape index (κ2) is 6.41. The Hall–Kier alpha value is -2.04. The number of carboxylic acids is 1. The highest BCUT2D eigenvalue weighted by Gasteiger charge is 2.27. The van der Waals surface area contributed by atoms with Crippen LogP contribution >= 0.6 is 0 Å². The first kappa shape index (κ1) is 14.4. The third-order valence-corrected chi connectivity index (χ3v) is 3.57. The largest absolute Gasteiger partial charge is 0.480 e. The van der Waals surface area contributed by atoms with E-state index in [0.29, 0.717) is 13.0 Å². The van der Waals surface area contributed by atoms with Crippen molar-refractivity contribution in [1.29, 1.82) is 0 Å². The molecule has 0 fully saturated rings. The summed E-state index contributed by atoms with van der Waals surface area (Å²) in [6.45, 7) is 2.60. The van der Waals surface area contributed by atoms with Gasteiger partial charge in [-0.15, -0.1) is 0 Å². The Morgan fingerprint density at radius 2 is 2.15 bits per heavy atom. The first-order valence-electron chi connectivity index (χ1n) is 7.02. The fraction of sp³-hybridized carbons (Fsp3) is 0.467. The third-order valence-electron chi connectivity index (χ3n) is 3.57. The van der Waals surface area contributed by atoms with Gasteiger partial charge in [0.2, 0.25) is 0 Å². The predicted molar refractivity (Wildman–Crippen MR) is 77.0 cm³/mol. The average molecular weight is 276 g/mol. The minimum Gasteiger partial charge on any atom is -0.480 e. The number of para-hydroxylation sites is 1. The van der Waals surface area contributed by atoms with E-state index < -0.39 is 12.0 Å². The first-order chi connectivity index (χ1) is 9.63. The number of nitrogens with one attached hydrogen (secondary N) is 1. The van der Waals surface area contributed by atoms with Gasteiger partial charge in [-0.3, -0.25) is 4.90 Å². The van der Waals surface area contributed by atoms with E-state index in [4.69, 9.17) is 5.11 Å². The number of unbranched alkanes of at least 4 members (excludes halogenated alkanes) is 1. The Bertz CT molecular complexity index is 502. The number of carbonyl (C=O) groups excluding carboxylic acids is 1. The number of hydrogen-bond donors (Lipinski definition) is 2. The molecular formula is C15H20N2O3. The van der Waals surface area contributed by atoms with E-state index in [1.54, 1.807) is 4.90 Å². The molecule has 1 unspecified atom stereocenters. The molecule has 2 N–H and O–H groups in total. The summed E-state index contributed by atoms with van der Waals surface area (Å²) in [4.78, 5) is 25.0. The predicted octanol–water partition coefficient (Wildman–Crippen LogP) is 2.40. The number of nitrogens with zero attached hydrogens (tertiary/aromatic N) is 1. The van der Waals surface area contributed by atoms with Gasteiger partial charge in [0.25, 0.3) is 0 Å². The summed E-state index contributed by atoms with van der Waals surface area (Å²) in [6.07, 6.45) is 2.98. The fourth-order valence-electron chi connectivity index (χ4n) is 2.44. The molecule has 2 amide bonds. The Balaban J connectivity index is 2.03. The van der Waals surface area contributed by atoms with Crippen molar-refractivity contribution in [3.8, 4) is 0 Å². The Labute approximate surface area is 118 Å². The number of carbonyl (C=O) groups is 2. The molecule has 20 heavy (non-hydrogen) atoms. The molecule has 1 aromatic rings. The van der Waals surface area contributed by atoms with Crippen LogP contribution in [-0.4, -0.2) is 29.7 Å². The van der Waals surface area contributed by atoms with Crippen LogP contribution in [-0.2, 0) is 11.2 Å². The van der Waals surface area contributed by atoms with E-state index in [0.717, 1.165) is 30.5 Å². The van der Waals surface area contributed by atoms with Gasteiger partial charge in [-0.05, 0) is 24.5 Å². The molecule has 1 aliphatic heterocycles. The van der Waals surface area contributed by atoms with Gasteiger partial charge < -0.3 is 10.4 Å². The van der Waals surface area contributed by atoms with Crippen molar-refractivity contribution >= 4 is 17.7 Å². The number of carboxylic acid groups (broad SMARTS) is 1. The smallest absolute Gasteiger partial charge is 0.326 e. The number of aliphatic carboxylic acids is 1. The van der Waals surface area contributed by atoms with Gasteiger partial charge in [0, 0.05) is 12.2 Å². The second-order valence-electron chi connectivity index (χ2n) is 5.01. The summed E-state index contributed by atoms with van der Waals surface area (Å²) in [5, 5.41) is 11.8. The number of rotatable bonds is 5. The summed E-state index contributed by atoms with van der Waals surface area (Å²) in [6, 6.07) is 6.59. The topological polar surface area (TPSA) is 69.6 Å². The van der Waals surface area contributed by atoms with Crippen molar-refractivity contribution in [2.75, 3.05) is 11.4 Å². The van der Waals surface area contributed by atoms with E-state index in [1.807, 2.05) is 31.2 Å². The van der Waals surface area contributed by atoms with E-state index >= 15 is 0 Å². The lowest BCUT2D eigenvalue weighted by Crippen LogP contribution is -2.47. The standard InChI is InChI=1S/C15H20N2O3/c1-2-3-7-12(14(18)19)16-15(20)17-10-9-11-6-4-5-8-13(11)17/h4-6,8,12H,2-3,7,9-10H2,1H3,(H,16,20)(H,18,19). The van der Waals surface area contributed by atoms with Crippen molar-refractivity contribution in [1.82, 2.24) is 5.32 Å². The third kappa shape index (κ3) is 3.10. The molecule has 1 atom stereocenters. The summed E-state index contributed by atoms with van der Waals surface area (Å²) in [5.74, 6) is -0.973. The molecule has 0 aromatic heterocycles. The highest BCUT2D eigenvalue weighted by molar-refractivity contribution is 5.96. The van der Waals surface area contributed by atoms with Gasteiger partial charge in [-0.25, -0.2) is 9.59 Å². The quantitative estimate of drug-likeness (QED) is 0.867. The zero-order valence-corrected chi connectivity index (χ0v) is 11.6. The van der Waals surface area contributed by atoms with E-state index in [2.05, 4.69) is 5.32 Å². The summed E-state index contributed by atoms with van der Waals surface area (Å²) in [5.41, 5.74) is 2.01. The zero-order valence-electron chi connectivity index (χ0n) is 11.6. The molecule has 108 valence electrons. The molecule has 5 heteroatoms. The molecule has 0 saturated carbocycles. The minimum absolute atomic E-state index is 0.321. The van der Waals surface area contributed by atoms with Crippen LogP contribution in [0.15, 0.2) is 24.3 Å². The van der Waals surface area contributed by atoms with Crippen LogP contribution in [0.25, 0.3) is 0 Å². The van der Waals surface area contributed by atoms with E-state index in [9.17, 15) is 9.59 Å². The van der Waals surface area contributed by atoms with Crippen molar-refractivity contribution in [3.05, 3.63) is 29.8 Å². The highest BCUT2D eigenvalue weighted by Crippen LogP contribution is 2.27. The van der Waals surface area contributed by atoms with E-state index in [1.165, 1.54) is 0 Å². The van der Waals surface area contributed by atoms with Crippen LogP contribution in [0.5, 0.6) is 0 Å². The van der Waals surface area contributed by atoms with Gasteiger partial charge in [-0.2, -0.15) is 0 Å². The van der Waals surface area contributed by atoms with Crippen LogP contribution in [0.3, 0.4) is 0 Å². The average Bonchev–Trinajstić information content (AvgIpc) is 2.87. The minimum atomic E-state index is -0.973. The maximum absolute atomic E-state index is 12.2. The van der Waals surface area contributed by atoms with Gasteiger partial charge >= 0.3 is 12.0 Å². The highest BCUT2D eigenvalue weighted by atomic mass is 16.4. The number of anilines is 1. The lowest BCUT2D eigenvalue weighted by atomic mass is 10.1. The summed E-state index contributed by atoms with van der Waals surface area (Å²) in [7, 11) is 0. The maximum Gasteiger partial charge on any atom is 0.326 e. The molecule has 2 rings (SSSR count). The number of amides is 2. The van der Waals surface area contributed by atoms with Crippen molar-refractivity contribution in [2.45, 2.75) is 38.6 Å². The second-order valence-corrected chi connectivity index (χ2v) is 5.01. The van der Waals surface area contributed by atoms with Crippen molar-refractivity contribution in [3.63, 3.8) is 0 Å². The van der Waals surface area contributed by atoms with Crippen LogP contribution in [0.1, 0.15) is 31.7 Å². The number of benzene rings is 1. The van der Waals surface area contributed by atoms with Gasteiger partial charge in [0.15, 0.2) is 0 Å². The zero-order chi connectivity index (χ0) is 14.5. The summed E-state index contributed by atoms with van der Waals surface area (Å²) >= 11 is 0. The molecule has 1 heterocycles. The Kier molecular flexibility index (Phi) is 4.61. The van der Waals surface area contributed by atoms with Crippen LogP contribution < -0.4 is 10.2 Å². The Morgan fingerprint density at radius 3 is 2.85 bits per heavy atom. The maximum atomic E-state index is 12.2. The van der Waals surface area contributed by atoms with E-state index in [-0.39, 0.29) is 6.03 Å². The molecule has 0 aliphatic carbocycles. The molecule has 0 spiro atoms. The van der Waals surface area contributed by atoms with Crippen molar-refractivity contribution < 1.29 is 14.7 Å². The molecule has 1 aromatic carbocycles. The molecule has 0 bridgehead atoms. The van der Waals surface area contributed by atoms with Gasteiger partial charge in [0.05, 0.1) is 0 Å². The normalized spacial score (nSPS) is 14.8. The fourth-order valence-corrected chi connectivity index (χ4v) is 2.44. The van der Waals surface area contributed by atoms with Gasteiger partial charge in [-0.1, -0.05) is 38.0 Å². The van der Waals surface area contributed by atoms with Crippen LogP contribution in [0.2, 0.25) is 0 Å². The number of fused-ring (bicyclic) bond motifs is 1. The summed E-state index contributed by atoms with van der Waals surface area (Å²) < 4.78 is 0. The molecule has 5 nitrogen and oxygen atoms in total. The first-order valence-corrected chi connectivity index (χ1v) is 7.02. The number of urea groups is 1. The molecule has 1 aliphatic rings. The van der Waals surface area contributed by atoms with Crippen LogP contribution in [0.4, 0.5) is 10.5 Å². The van der Waals surface area contributed by atoms with Crippen LogP contribution in [0, 0.1) is 0 Å². The number of hydrogen-bond acceptors (Lipinski definition) is 2. The van der Waals surface area contributed by atoms with Gasteiger partial charge in [0.1, 0.15) is 6.04 Å². The monoisotopic (exact) mass is 276 g/mol. The molecular weight excluding hydrogens is 256 g/mol. The SMILES string of the molecule is CCCCC(NC(=O)N1CCc2ccccc21)C(=O)O. The lowest BCUT2D eigenvalue weighted by Gasteiger charge is -2.21. The molecule has 0 saturated heterocycles.